The van der Waals surface area contributed by atoms with Crippen LogP contribution in [0, 0.1) is 5.92 Å². The zero-order valence-corrected chi connectivity index (χ0v) is 14.5. The van der Waals surface area contributed by atoms with E-state index in [1.165, 1.54) is 0 Å². The average molecular weight is 345 g/mol. The monoisotopic (exact) mass is 345 g/mol. The number of furan rings is 2. The Morgan fingerprint density at radius 1 is 1.00 bits per heavy atom. The minimum atomic E-state index is -0.347. The van der Waals surface area contributed by atoms with Crippen LogP contribution in [0.15, 0.2) is 87.0 Å². The van der Waals surface area contributed by atoms with Crippen molar-refractivity contribution in [1.29, 1.82) is 0 Å². The number of rotatable bonds is 4. The van der Waals surface area contributed by atoms with Crippen molar-refractivity contribution in [2.24, 2.45) is 10.9 Å². The number of carbonyl (C=O) groups is 1. The quantitative estimate of drug-likeness (QED) is 0.593. The summed E-state index contributed by atoms with van der Waals surface area (Å²) in [7, 11) is 0. The third kappa shape index (κ3) is 3.18. The Labute approximate surface area is 151 Å². The van der Waals surface area contributed by atoms with Crippen LogP contribution in [0.5, 0.6) is 0 Å². The van der Waals surface area contributed by atoms with Gasteiger partial charge in [-0.1, -0.05) is 18.2 Å². The van der Waals surface area contributed by atoms with Crippen LogP contribution in [0.4, 0.5) is 5.69 Å². The number of nitrogens with zero attached hydrogens (tertiary/aromatic N) is 1. The number of ketones is 1. The lowest BCUT2D eigenvalue weighted by Gasteiger charge is -2.28. The van der Waals surface area contributed by atoms with Crippen molar-refractivity contribution in [3.05, 3.63) is 84.7 Å². The highest BCUT2D eigenvalue weighted by Crippen LogP contribution is 2.41. The lowest BCUT2D eigenvalue weighted by molar-refractivity contribution is -0.117. The van der Waals surface area contributed by atoms with Gasteiger partial charge in [-0.3, -0.25) is 9.79 Å². The molecule has 2 heterocycles. The van der Waals surface area contributed by atoms with E-state index in [-0.39, 0.29) is 17.6 Å². The zero-order chi connectivity index (χ0) is 17.9. The summed E-state index contributed by atoms with van der Waals surface area (Å²) in [6.45, 7) is 1.91. The van der Waals surface area contributed by atoms with Crippen molar-refractivity contribution in [1.82, 2.24) is 0 Å². The molecular weight excluding hydrogens is 326 g/mol. The Morgan fingerprint density at radius 3 is 2.46 bits per heavy atom. The fourth-order valence-electron chi connectivity index (χ4n) is 3.55. The molecule has 4 nitrogen and oxygen atoms in total. The van der Waals surface area contributed by atoms with Crippen molar-refractivity contribution in [3.63, 3.8) is 0 Å². The van der Waals surface area contributed by atoms with Crippen molar-refractivity contribution < 1.29 is 13.6 Å². The van der Waals surface area contributed by atoms with Gasteiger partial charge in [0, 0.05) is 11.6 Å². The van der Waals surface area contributed by atoms with Crippen LogP contribution >= 0.6 is 0 Å². The molecule has 0 fully saturated rings. The molecule has 0 saturated carbocycles. The van der Waals surface area contributed by atoms with Crippen LogP contribution in [0.1, 0.15) is 30.8 Å². The van der Waals surface area contributed by atoms with Crippen molar-refractivity contribution in [3.8, 4) is 0 Å². The van der Waals surface area contributed by atoms with Gasteiger partial charge < -0.3 is 8.83 Å². The first-order chi connectivity index (χ1) is 12.7. The highest BCUT2D eigenvalue weighted by molar-refractivity contribution is 6.13. The minimum absolute atomic E-state index is 0.0289. The van der Waals surface area contributed by atoms with Gasteiger partial charge >= 0.3 is 0 Å². The largest absolute Gasteiger partial charge is 0.469 e. The Hall–Kier alpha value is -3.14. The first-order valence-electron chi connectivity index (χ1n) is 8.64. The molecule has 4 heteroatoms. The number of carbonyl (C=O) groups excluding carboxylic acids is 1. The van der Waals surface area contributed by atoms with E-state index >= 15 is 0 Å². The summed E-state index contributed by atoms with van der Waals surface area (Å²) in [6.07, 6.45) is 5.62. The third-order valence-electron chi connectivity index (χ3n) is 4.72. The number of benzene rings is 1. The van der Waals surface area contributed by atoms with E-state index < -0.39 is 0 Å². The molecule has 3 aromatic rings. The second-order valence-electron chi connectivity index (χ2n) is 6.44. The first-order valence-corrected chi connectivity index (χ1v) is 8.64. The molecule has 1 aliphatic carbocycles. The summed E-state index contributed by atoms with van der Waals surface area (Å²) in [4.78, 5) is 17.7. The van der Waals surface area contributed by atoms with Crippen molar-refractivity contribution in [2.45, 2.75) is 19.3 Å². The maximum absolute atomic E-state index is 13.0. The van der Waals surface area contributed by atoms with Gasteiger partial charge in [-0.2, -0.15) is 0 Å². The third-order valence-corrected chi connectivity index (χ3v) is 4.72. The van der Waals surface area contributed by atoms with E-state index in [4.69, 9.17) is 8.83 Å². The standard InChI is InChI=1S/C22H19NO3/c1-15(23-17-7-3-2-4-8-17)22-18(21-10-6-12-26-21)13-16(14-19(22)24)20-9-5-11-25-20/h2-12,14,18,22H,13H2,1H3/t18-,22+/m0/s1. The van der Waals surface area contributed by atoms with Crippen LogP contribution in [0.25, 0.3) is 5.57 Å². The molecule has 26 heavy (non-hydrogen) atoms. The van der Waals surface area contributed by atoms with Crippen LogP contribution in [0.2, 0.25) is 0 Å². The second-order valence-corrected chi connectivity index (χ2v) is 6.44. The summed E-state index contributed by atoms with van der Waals surface area (Å²) >= 11 is 0. The van der Waals surface area contributed by atoms with Crippen LogP contribution in [-0.2, 0) is 4.79 Å². The van der Waals surface area contributed by atoms with Gasteiger partial charge in [-0.15, -0.1) is 0 Å². The molecule has 4 rings (SSSR count). The van der Waals surface area contributed by atoms with Crippen LogP contribution < -0.4 is 0 Å². The van der Waals surface area contributed by atoms with E-state index in [1.807, 2.05) is 61.5 Å². The number of aliphatic imine (C=N–C) groups is 1. The molecule has 0 N–H and O–H groups in total. The van der Waals surface area contributed by atoms with Gasteiger partial charge in [-0.25, -0.2) is 0 Å². The molecule has 0 aliphatic heterocycles. The lowest BCUT2D eigenvalue weighted by atomic mass is 9.74. The van der Waals surface area contributed by atoms with E-state index in [1.54, 1.807) is 18.6 Å². The molecule has 2 atom stereocenters. The fourth-order valence-corrected chi connectivity index (χ4v) is 3.55. The highest BCUT2D eigenvalue weighted by Gasteiger charge is 2.37. The van der Waals surface area contributed by atoms with Crippen molar-refractivity contribution >= 4 is 22.8 Å². The maximum Gasteiger partial charge on any atom is 0.165 e. The topological polar surface area (TPSA) is 55.7 Å². The summed E-state index contributed by atoms with van der Waals surface area (Å²) < 4.78 is 11.1. The minimum Gasteiger partial charge on any atom is -0.469 e. The predicted octanol–water partition coefficient (Wildman–Crippen LogP) is 5.42. The second kappa shape index (κ2) is 7.00. The van der Waals surface area contributed by atoms with Gasteiger partial charge in [-0.05, 0) is 61.4 Å². The van der Waals surface area contributed by atoms with E-state index in [2.05, 4.69) is 4.99 Å². The molecule has 0 unspecified atom stereocenters. The molecule has 130 valence electrons. The molecule has 0 radical (unpaired) electrons. The first kappa shape index (κ1) is 16.3. The number of para-hydroxylation sites is 1. The van der Waals surface area contributed by atoms with Gasteiger partial charge in [0.1, 0.15) is 11.5 Å². The SMILES string of the molecule is CC(=Nc1ccccc1)[C@H]1C(=O)C=C(c2ccco2)C[C@H]1c1ccco1. The fraction of sp³-hybridized carbons (Fsp3) is 0.182. The normalized spacial score (nSPS) is 20.9. The van der Waals surface area contributed by atoms with Gasteiger partial charge in [0.15, 0.2) is 5.78 Å². The highest BCUT2D eigenvalue weighted by atomic mass is 16.3. The van der Waals surface area contributed by atoms with Crippen LogP contribution in [0.3, 0.4) is 0 Å². The van der Waals surface area contributed by atoms with Crippen molar-refractivity contribution in [2.75, 3.05) is 0 Å². The number of hydrogen-bond donors (Lipinski definition) is 0. The zero-order valence-electron chi connectivity index (χ0n) is 14.5. The Morgan fingerprint density at radius 2 is 1.77 bits per heavy atom. The summed E-state index contributed by atoms with van der Waals surface area (Å²) in [5, 5.41) is 0. The van der Waals surface area contributed by atoms with Gasteiger partial charge in [0.25, 0.3) is 0 Å². The van der Waals surface area contributed by atoms with E-state index in [0.29, 0.717) is 6.42 Å². The summed E-state index contributed by atoms with van der Waals surface area (Å²) in [5.74, 6) is 1.10. The Bertz CT molecular complexity index is 935. The number of allylic oxidation sites excluding steroid dienone is 2. The number of hydrogen-bond acceptors (Lipinski definition) is 4. The van der Waals surface area contributed by atoms with E-state index in [9.17, 15) is 4.79 Å². The Balaban J connectivity index is 1.74. The summed E-state index contributed by atoms with van der Waals surface area (Å²) in [6, 6.07) is 17.2. The molecule has 2 aromatic heterocycles. The average Bonchev–Trinajstić information content (AvgIpc) is 3.35. The maximum atomic E-state index is 13.0. The van der Waals surface area contributed by atoms with Gasteiger partial charge in [0.2, 0.25) is 0 Å². The molecule has 1 aliphatic rings. The predicted molar refractivity (Wildman–Crippen MR) is 100 cm³/mol. The Kier molecular flexibility index (Phi) is 4.40. The smallest absolute Gasteiger partial charge is 0.165 e. The molecular formula is C22H19NO3. The molecule has 0 bridgehead atoms. The van der Waals surface area contributed by atoms with E-state index in [0.717, 1.165) is 28.5 Å². The van der Waals surface area contributed by atoms with Gasteiger partial charge in [0.05, 0.1) is 24.1 Å². The lowest BCUT2D eigenvalue weighted by Crippen LogP contribution is -2.31. The molecule has 0 saturated heterocycles. The molecule has 0 amide bonds. The molecule has 0 spiro atoms. The van der Waals surface area contributed by atoms with Crippen LogP contribution in [-0.4, -0.2) is 11.5 Å². The summed E-state index contributed by atoms with van der Waals surface area (Å²) in [5.41, 5.74) is 2.53. The molecule has 1 aromatic carbocycles.